The second kappa shape index (κ2) is 6.70. The fourth-order valence-electron chi connectivity index (χ4n) is 4.08. The Morgan fingerprint density at radius 2 is 1.66 bits per heavy atom. The molecule has 2 aromatic carbocycles. The minimum atomic E-state index is -0.506. The van der Waals surface area contributed by atoms with Crippen LogP contribution in [0.25, 0.3) is 5.69 Å². The maximum absolute atomic E-state index is 12.8. The number of amides is 1. The van der Waals surface area contributed by atoms with Crippen molar-refractivity contribution in [2.75, 3.05) is 6.54 Å². The number of nitrogens with zero attached hydrogens (tertiary/aromatic N) is 2. The average Bonchev–Trinajstić information content (AvgIpc) is 3.02. The van der Waals surface area contributed by atoms with Crippen molar-refractivity contribution >= 4 is 22.0 Å². The van der Waals surface area contributed by atoms with Crippen molar-refractivity contribution < 1.29 is 19.7 Å². The minimum Gasteiger partial charge on any atom is -0.494 e. The fourth-order valence-corrected chi connectivity index (χ4v) is 4.34. The summed E-state index contributed by atoms with van der Waals surface area (Å²) in [5.74, 6) is 0.162. The summed E-state index contributed by atoms with van der Waals surface area (Å²) < 4.78 is 7.80. The van der Waals surface area contributed by atoms with Gasteiger partial charge in [0.1, 0.15) is 5.75 Å². The molecule has 1 aliphatic carbocycles. The Bertz CT molecular complexity index is 1120. The van der Waals surface area contributed by atoms with E-state index in [-0.39, 0.29) is 17.7 Å². The number of hydrogen-bond acceptors (Lipinski definition) is 4. The van der Waals surface area contributed by atoms with Gasteiger partial charge in [-0.2, -0.15) is 0 Å². The molecule has 29 heavy (non-hydrogen) atoms. The number of hydrogen-bond donors (Lipinski definition) is 2. The summed E-state index contributed by atoms with van der Waals surface area (Å²) >= 11 is 3.39. The molecule has 0 saturated carbocycles. The van der Waals surface area contributed by atoms with Crippen molar-refractivity contribution in [2.24, 2.45) is 0 Å². The van der Waals surface area contributed by atoms with Gasteiger partial charge in [-0.25, -0.2) is 4.79 Å². The molecule has 3 aliphatic rings. The van der Waals surface area contributed by atoms with Gasteiger partial charge in [-0.15, -0.1) is 0 Å². The molecule has 2 aliphatic heterocycles. The Hall–Kier alpha value is -3.19. The number of benzene rings is 2. The normalized spacial score (nSPS) is 19.3. The van der Waals surface area contributed by atoms with E-state index >= 15 is 0 Å². The third-order valence-electron chi connectivity index (χ3n) is 5.38. The standard InChI is InChI=1S/C22H17BrN2O4/c23-14-7-9-15(10-8-14)25-20(26)18-13-6-11-17(19(18)21(25)27)24(12-13)22(28)29-16-4-2-1-3-5-16/h1-11,13,17,26-27H,12H2. The summed E-state index contributed by atoms with van der Waals surface area (Å²) in [5, 5.41) is 21.9. The molecule has 1 aromatic heterocycles. The molecular formula is C22H17BrN2O4. The highest BCUT2D eigenvalue weighted by molar-refractivity contribution is 9.10. The highest BCUT2D eigenvalue weighted by atomic mass is 79.9. The number of carbonyl (C=O) groups is 1. The Balaban J connectivity index is 1.53. The molecule has 6 nitrogen and oxygen atoms in total. The van der Waals surface area contributed by atoms with Crippen molar-refractivity contribution in [1.82, 2.24) is 9.47 Å². The monoisotopic (exact) mass is 452 g/mol. The lowest BCUT2D eigenvalue weighted by molar-refractivity contribution is 0.130. The van der Waals surface area contributed by atoms with Gasteiger partial charge in [0.05, 0.1) is 11.7 Å². The zero-order valence-electron chi connectivity index (χ0n) is 15.2. The van der Waals surface area contributed by atoms with Crippen LogP contribution in [0.15, 0.2) is 71.2 Å². The molecule has 2 atom stereocenters. The fraction of sp³-hybridized carbons (Fsp3) is 0.136. The van der Waals surface area contributed by atoms with E-state index in [4.69, 9.17) is 4.74 Å². The zero-order chi connectivity index (χ0) is 20.1. The molecule has 3 aromatic rings. The van der Waals surface area contributed by atoms with E-state index in [0.29, 0.717) is 29.1 Å². The van der Waals surface area contributed by atoms with Gasteiger partial charge in [0.25, 0.3) is 0 Å². The van der Waals surface area contributed by atoms with Crippen LogP contribution >= 0.6 is 15.9 Å². The van der Waals surface area contributed by atoms with Gasteiger partial charge in [0.15, 0.2) is 0 Å². The second-order valence-electron chi connectivity index (χ2n) is 7.06. The molecule has 1 amide bonds. The number of carbonyl (C=O) groups excluding carboxylic acids is 1. The predicted octanol–water partition coefficient (Wildman–Crippen LogP) is 4.86. The summed E-state index contributed by atoms with van der Waals surface area (Å²) in [6.07, 6.45) is 3.34. The van der Waals surface area contributed by atoms with E-state index in [1.807, 2.05) is 30.4 Å². The van der Waals surface area contributed by atoms with Crippen molar-refractivity contribution in [3.05, 3.63) is 82.3 Å². The maximum Gasteiger partial charge on any atom is 0.416 e. The summed E-state index contributed by atoms with van der Waals surface area (Å²) in [4.78, 5) is 14.4. The summed E-state index contributed by atoms with van der Waals surface area (Å²) in [7, 11) is 0. The first-order chi connectivity index (χ1) is 14.0. The van der Waals surface area contributed by atoms with Crippen LogP contribution in [0.2, 0.25) is 0 Å². The minimum absolute atomic E-state index is 0.00440. The molecule has 2 N–H and O–H groups in total. The van der Waals surface area contributed by atoms with E-state index in [0.717, 1.165) is 4.47 Å². The third-order valence-corrected chi connectivity index (χ3v) is 5.91. The largest absolute Gasteiger partial charge is 0.494 e. The maximum atomic E-state index is 12.8. The van der Waals surface area contributed by atoms with E-state index in [2.05, 4.69) is 15.9 Å². The van der Waals surface area contributed by atoms with Crippen LogP contribution < -0.4 is 4.74 Å². The van der Waals surface area contributed by atoms with Crippen molar-refractivity contribution in [3.63, 3.8) is 0 Å². The molecule has 0 spiro atoms. The van der Waals surface area contributed by atoms with Crippen molar-refractivity contribution in [1.29, 1.82) is 0 Å². The number of aromatic nitrogens is 1. The van der Waals surface area contributed by atoms with Gasteiger partial charge in [-0.3, -0.25) is 9.47 Å². The zero-order valence-corrected chi connectivity index (χ0v) is 16.8. The first-order valence-corrected chi connectivity index (χ1v) is 9.98. The Morgan fingerprint density at radius 1 is 0.966 bits per heavy atom. The van der Waals surface area contributed by atoms with Crippen LogP contribution in [0.1, 0.15) is 23.1 Å². The lowest BCUT2D eigenvalue weighted by Gasteiger charge is -2.40. The molecule has 3 heterocycles. The van der Waals surface area contributed by atoms with Gasteiger partial charge in [0.2, 0.25) is 11.8 Å². The highest BCUT2D eigenvalue weighted by Gasteiger charge is 2.44. The molecule has 2 unspecified atom stereocenters. The average molecular weight is 453 g/mol. The Kier molecular flexibility index (Phi) is 4.13. The van der Waals surface area contributed by atoms with Crippen LogP contribution in [0.3, 0.4) is 0 Å². The van der Waals surface area contributed by atoms with Gasteiger partial charge in [-0.1, -0.05) is 46.3 Å². The number of para-hydroxylation sites is 1. The van der Waals surface area contributed by atoms with E-state index < -0.39 is 12.1 Å². The third kappa shape index (κ3) is 2.81. The summed E-state index contributed by atoms with van der Waals surface area (Å²) in [6, 6.07) is 15.6. The van der Waals surface area contributed by atoms with E-state index in [1.165, 1.54) is 4.57 Å². The van der Waals surface area contributed by atoms with Crippen LogP contribution in [-0.4, -0.2) is 32.3 Å². The lowest BCUT2D eigenvalue weighted by atomic mass is 9.82. The molecule has 6 rings (SSSR count). The quantitative estimate of drug-likeness (QED) is 0.544. The smallest absolute Gasteiger partial charge is 0.416 e. The number of rotatable bonds is 2. The summed E-state index contributed by atoms with van der Waals surface area (Å²) in [5.41, 5.74) is 1.83. The number of fused-ring (bicyclic) bond motifs is 1. The van der Waals surface area contributed by atoms with Crippen LogP contribution in [-0.2, 0) is 0 Å². The predicted molar refractivity (Wildman–Crippen MR) is 111 cm³/mol. The van der Waals surface area contributed by atoms with Gasteiger partial charge < -0.3 is 14.9 Å². The Morgan fingerprint density at radius 3 is 2.38 bits per heavy atom. The van der Waals surface area contributed by atoms with Gasteiger partial charge in [-0.05, 0) is 36.4 Å². The number of ether oxygens (including phenoxy) is 1. The van der Waals surface area contributed by atoms with Gasteiger partial charge >= 0.3 is 6.09 Å². The van der Waals surface area contributed by atoms with Crippen molar-refractivity contribution in [3.8, 4) is 23.2 Å². The van der Waals surface area contributed by atoms with Crippen LogP contribution in [0.4, 0.5) is 4.79 Å². The Labute approximate surface area is 175 Å². The molecule has 0 fully saturated rings. The molecule has 0 saturated heterocycles. The molecule has 2 bridgehead atoms. The SMILES string of the molecule is O=C(Oc1ccccc1)N1CC2C=CC1c1c2c(O)n(-c2ccc(Br)cc2)c1O. The van der Waals surface area contributed by atoms with E-state index in [1.54, 1.807) is 41.3 Å². The first kappa shape index (κ1) is 17.9. The van der Waals surface area contributed by atoms with Crippen molar-refractivity contribution in [2.45, 2.75) is 12.0 Å². The van der Waals surface area contributed by atoms with Gasteiger partial charge in [0, 0.05) is 28.1 Å². The number of aromatic hydroxyl groups is 2. The lowest BCUT2D eigenvalue weighted by Crippen LogP contribution is -2.44. The molecule has 7 heteroatoms. The molecular weight excluding hydrogens is 436 g/mol. The topological polar surface area (TPSA) is 74.9 Å². The van der Waals surface area contributed by atoms with E-state index in [9.17, 15) is 15.0 Å². The second-order valence-corrected chi connectivity index (χ2v) is 7.97. The molecule has 146 valence electrons. The van der Waals surface area contributed by atoms with Crippen LogP contribution in [0, 0.1) is 0 Å². The number of halogens is 1. The highest BCUT2D eigenvalue weighted by Crippen LogP contribution is 2.52. The summed E-state index contributed by atoms with van der Waals surface area (Å²) in [6.45, 7) is 0.372. The first-order valence-electron chi connectivity index (χ1n) is 9.19. The van der Waals surface area contributed by atoms with Crippen LogP contribution in [0.5, 0.6) is 17.5 Å². The molecule has 0 radical (unpaired) electrons.